The monoisotopic (exact) mass is 585 g/mol. The number of piperidine rings is 1. The summed E-state index contributed by atoms with van der Waals surface area (Å²) in [6.45, 7) is 4.09. The molecule has 1 saturated carbocycles. The third-order valence-corrected chi connectivity index (χ3v) is 9.58. The molecule has 2 fully saturated rings. The molecule has 0 radical (unpaired) electrons. The Morgan fingerprint density at radius 1 is 1.02 bits per heavy atom. The van der Waals surface area contributed by atoms with Crippen LogP contribution in [0, 0.1) is 19.8 Å². The second-order valence-corrected chi connectivity index (χ2v) is 12.2. The zero-order valence-corrected chi connectivity index (χ0v) is 24.8. The van der Waals surface area contributed by atoms with Crippen LogP contribution in [0.2, 0.25) is 5.02 Å². The first-order chi connectivity index (χ1) is 20.2. The van der Waals surface area contributed by atoms with Gasteiger partial charge in [0.25, 0.3) is 5.91 Å². The van der Waals surface area contributed by atoms with Crippen LogP contribution < -0.4 is 10.4 Å². The lowest BCUT2D eigenvalue weighted by Crippen LogP contribution is -2.56. The zero-order valence-electron chi connectivity index (χ0n) is 24.1. The molecule has 1 amide bonds. The molecule has 7 heteroatoms. The summed E-state index contributed by atoms with van der Waals surface area (Å²) < 4.78 is 11.9. The van der Waals surface area contributed by atoms with E-state index in [2.05, 4.69) is 0 Å². The molecular weight excluding hydrogens is 550 g/mol. The van der Waals surface area contributed by atoms with Gasteiger partial charge in [-0.15, -0.1) is 0 Å². The van der Waals surface area contributed by atoms with Crippen molar-refractivity contribution in [1.29, 1.82) is 0 Å². The molecule has 6 rings (SSSR count). The molecular formula is C35H36ClNO5. The van der Waals surface area contributed by atoms with E-state index in [0.717, 1.165) is 47.8 Å². The molecule has 2 heterocycles. The van der Waals surface area contributed by atoms with Crippen LogP contribution in [0.25, 0.3) is 11.0 Å². The Labute approximate surface area is 250 Å². The highest BCUT2D eigenvalue weighted by molar-refractivity contribution is 6.30. The van der Waals surface area contributed by atoms with Crippen molar-refractivity contribution in [3.8, 4) is 5.75 Å². The molecule has 3 unspecified atom stereocenters. The first kappa shape index (κ1) is 28.5. The van der Waals surface area contributed by atoms with Crippen molar-refractivity contribution in [1.82, 2.24) is 4.90 Å². The molecule has 2 aliphatic rings. The van der Waals surface area contributed by atoms with Gasteiger partial charge >= 0.3 is 5.63 Å². The first-order valence-corrected chi connectivity index (χ1v) is 15.1. The Kier molecular flexibility index (Phi) is 7.86. The van der Waals surface area contributed by atoms with Gasteiger partial charge in [-0.2, -0.15) is 0 Å². The summed E-state index contributed by atoms with van der Waals surface area (Å²) in [5.41, 5.74) is 3.56. The van der Waals surface area contributed by atoms with E-state index in [1.165, 1.54) is 0 Å². The fraction of sp³-hybridized carbons (Fsp3) is 0.371. The number of fused-ring (bicyclic) bond motifs is 2. The molecule has 1 aromatic heterocycles. The van der Waals surface area contributed by atoms with Gasteiger partial charge in [-0.05, 0) is 74.1 Å². The largest absolute Gasteiger partial charge is 0.483 e. The molecule has 218 valence electrons. The predicted molar refractivity (Wildman–Crippen MR) is 164 cm³/mol. The van der Waals surface area contributed by atoms with E-state index in [1.54, 1.807) is 0 Å². The van der Waals surface area contributed by atoms with Gasteiger partial charge in [-0.1, -0.05) is 66.9 Å². The van der Waals surface area contributed by atoms with Gasteiger partial charge in [0.1, 0.15) is 11.3 Å². The van der Waals surface area contributed by atoms with E-state index in [-0.39, 0.29) is 30.1 Å². The number of aryl methyl sites for hydroxylation is 2. The lowest BCUT2D eigenvalue weighted by Gasteiger charge is -2.52. The number of nitrogens with zero attached hydrogens (tertiary/aromatic N) is 1. The summed E-state index contributed by atoms with van der Waals surface area (Å²) in [5.74, 6) is 0.316. The molecule has 0 spiro atoms. The minimum Gasteiger partial charge on any atom is -0.483 e. The summed E-state index contributed by atoms with van der Waals surface area (Å²) in [6, 6.07) is 20.9. The molecule has 1 aliphatic carbocycles. The summed E-state index contributed by atoms with van der Waals surface area (Å²) in [7, 11) is 0. The summed E-state index contributed by atoms with van der Waals surface area (Å²) in [4.78, 5) is 28.6. The second kappa shape index (κ2) is 11.6. The van der Waals surface area contributed by atoms with Gasteiger partial charge in [-0.25, -0.2) is 4.79 Å². The number of carbonyl (C=O) groups is 1. The van der Waals surface area contributed by atoms with Crippen molar-refractivity contribution in [2.45, 2.75) is 64.0 Å². The molecule has 3 aromatic carbocycles. The SMILES string of the molecule is Cc1c(Cc2ccccc2)c(=O)oc2c(C)c(OCC(=O)N3CCC4(O)CCCCC4C3c3ccc(Cl)cc3)ccc12. The molecule has 6 nitrogen and oxygen atoms in total. The minimum atomic E-state index is -0.774. The number of hydrogen-bond acceptors (Lipinski definition) is 5. The maximum absolute atomic E-state index is 13.7. The van der Waals surface area contributed by atoms with Gasteiger partial charge in [0.2, 0.25) is 0 Å². The van der Waals surface area contributed by atoms with Crippen LogP contribution in [0.4, 0.5) is 0 Å². The highest BCUT2D eigenvalue weighted by atomic mass is 35.5. The molecule has 3 atom stereocenters. The smallest absolute Gasteiger partial charge is 0.340 e. The Morgan fingerprint density at radius 2 is 1.79 bits per heavy atom. The van der Waals surface area contributed by atoms with Gasteiger partial charge in [0, 0.05) is 40.4 Å². The van der Waals surface area contributed by atoms with Crippen LogP contribution in [-0.4, -0.2) is 34.7 Å². The molecule has 1 saturated heterocycles. The Hall–Kier alpha value is -3.61. The van der Waals surface area contributed by atoms with E-state index in [9.17, 15) is 14.7 Å². The van der Waals surface area contributed by atoms with Gasteiger partial charge < -0.3 is 19.2 Å². The van der Waals surface area contributed by atoms with E-state index in [4.69, 9.17) is 20.8 Å². The minimum absolute atomic E-state index is 0.0464. The number of ether oxygens (including phenoxy) is 1. The highest BCUT2D eigenvalue weighted by Gasteiger charge is 2.50. The van der Waals surface area contributed by atoms with Gasteiger partial charge in [0.15, 0.2) is 6.61 Å². The van der Waals surface area contributed by atoms with E-state index in [0.29, 0.717) is 46.9 Å². The Morgan fingerprint density at radius 3 is 2.55 bits per heavy atom. The van der Waals surface area contributed by atoms with Crippen LogP contribution >= 0.6 is 11.6 Å². The molecule has 0 bridgehead atoms. The van der Waals surface area contributed by atoms with Crippen LogP contribution in [0.5, 0.6) is 5.75 Å². The quantitative estimate of drug-likeness (QED) is 0.248. The number of halogens is 1. The number of amides is 1. The fourth-order valence-corrected chi connectivity index (χ4v) is 7.11. The van der Waals surface area contributed by atoms with E-state index >= 15 is 0 Å². The number of hydrogen-bond donors (Lipinski definition) is 1. The summed E-state index contributed by atoms with van der Waals surface area (Å²) in [6.07, 6.45) is 4.71. The average molecular weight is 586 g/mol. The predicted octanol–water partition coefficient (Wildman–Crippen LogP) is 6.93. The summed E-state index contributed by atoms with van der Waals surface area (Å²) >= 11 is 6.18. The van der Waals surface area contributed by atoms with Crippen LogP contribution in [-0.2, 0) is 11.2 Å². The highest BCUT2D eigenvalue weighted by Crippen LogP contribution is 2.49. The summed E-state index contributed by atoms with van der Waals surface area (Å²) in [5, 5.41) is 13.0. The maximum atomic E-state index is 13.7. The topological polar surface area (TPSA) is 80.0 Å². The standard InChI is InChI=1S/C35H36ClNO5/c1-22-27-15-16-30(23(2)33(27)42-34(39)28(22)20-24-8-4-3-5-9-24)41-21-31(38)37-19-18-35(40)17-7-6-10-29(35)32(37)25-11-13-26(36)14-12-25/h3-5,8-9,11-16,29,32,40H,6-7,10,17-21H2,1-2H3. The van der Waals surface area contributed by atoms with E-state index < -0.39 is 5.60 Å². The van der Waals surface area contributed by atoms with Crippen LogP contribution in [0.3, 0.4) is 0 Å². The number of carbonyl (C=O) groups excluding carboxylic acids is 1. The lowest BCUT2D eigenvalue weighted by atomic mass is 9.66. The van der Waals surface area contributed by atoms with Gasteiger partial charge in [-0.3, -0.25) is 4.79 Å². The normalized spacial score (nSPS) is 22.1. The van der Waals surface area contributed by atoms with Gasteiger partial charge in [0.05, 0.1) is 11.6 Å². The van der Waals surface area contributed by atoms with Crippen molar-refractivity contribution in [2.24, 2.45) is 5.92 Å². The van der Waals surface area contributed by atoms with Crippen molar-refractivity contribution in [3.63, 3.8) is 0 Å². The maximum Gasteiger partial charge on any atom is 0.340 e. The third-order valence-electron chi connectivity index (χ3n) is 9.33. The average Bonchev–Trinajstić information content (AvgIpc) is 2.99. The van der Waals surface area contributed by atoms with Crippen molar-refractivity contribution >= 4 is 28.5 Å². The lowest BCUT2D eigenvalue weighted by molar-refractivity contribution is -0.157. The van der Waals surface area contributed by atoms with Crippen LogP contribution in [0.1, 0.15) is 66.0 Å². The third kappa shape index (κ3) is 5.34. The number of rotatable bonds is 6. The first-order valence-electron chi connectivity index (χ1n) is 14.7. The Bertz CT molecular complexity index is 1670. The van der Waals surface area contributed by atoms with Crippen molar-refractivity contribution in [2.75, 3.05) is 13.2 Å². The number of likely N-dealkylation sites (tertiary alicyclic amines) is 1. The molecule has 1 aliphatic heterocycles. The molecule has 42 heavy (non-hydrogen) atoms. The van der Waals surface area contributed by atoms with Crippen molar-refractivity contribution in [3.05, 3.63) is 110 Å². The van der Waals surface area contributed by atoms with E-state index in [1.807, 2.05) is 85.5 Å². The molecule has 1 N–H and O–H groups in total. The fourth-order valence-electron chi connectivity index (χ4n) is 6.99. The zero-order chi connectivity index (χ0) is 29.4. The number of aliphatic hydroxyl groups is 1. The number of benzene rings is 3. The van der Waals surface area contributed by atoms with Crippen molar-refractivity contribution < 1.29 is 19.1 Å². The second-order valence-electron chi connectivity index (χ2n) is 11.8. The molecule has 4 aromatic rings. The van der Waals surface area contributed by atoms with Crippen LogP contribution in [0.15, 0.2) is 75.9 Å². The Balaban J connectivity index is 1.25.